The van der Waals surface area contributed by atoms with E-state index in [1.807, 2.05) is 0 Å². The summed E-state index contributed by atoms with van der Waals surface area (Å²) in [6.07, 6.45) is 1.06. The Hall–Kier alpha value is -3.57. The number of H-pyrrole nitrogens is 1. The monoisotopic (exact) mass is 461 g/mol. The molecular formula is C19H16ClN5O5S. The van der Waals surface area contributed by atoms with Crippen LogP contribution in [0.2, 0.25) is 5.02 Å². The second-order valence-electron chi connectivity index (χ2n) is 6.82. The molecule has 12 heteroatoms. The number of carbonyl (C=O) groups excluding carboxylic acids is 1. The molecule has 0 spiro atoms. The molecule has 0 aliphatic rings. The number of aryl methyl sites for hydroxylation is 1. The third-order valence-electron chi connectivity index (χ3n) is 4.51. The third kappa shape index (κ3) is 4.32. The van der Waals surface area contributed by atoms with Gasteiger partial charge < -0.3 is 9.88 Å². The number of hydrogen-bond donors (Lipinski definition) is 3. The van der Waals surface area contributed by atoms with Crippen molar-refractivity contribution in [2.45, 2.75) is 0 Å². The summed E-state index contributed by atoms with van der Waals surface area (Å²) < 4.78 is 31.6. The van der Waals surface area contributed by atoms with Crippen molar-refractivity contribution in [1.29, 1.82) is 0 Å². The molecule has 0 aliphatic carbocycles. The van der Waals surface area contributed by atoms with E-state index in [4.69, 9.17) is 11.6 Å². The van der Waals surface area contributed by atoms with Crippen molar-refractivity contribution in [3.05, 3.63) is 63.7 Å². The van der Waals surface area contributed by atoms with Crippen LogP contribution in [0.5, 0.6) is 0 Å². The van der Waals surface area contributed by atoms with E-state index in [9.17, 15) is 18.0 Å². The maximum atomic E-state index is 13.0. The first-order valence-electron chi connectivity index (χ1n) is 8.85. The van der Waals surface area contributed by atoms with Crippen LogP contribution in [-0.2, 0) is 17.1 Å². The topological polar surface area (TPSA) is 139 Å². The van der Waals surface area contributed by atoms with Gasteiger partial charge in [0.05, 0.1) is 23.1 Å². The van der Waals surface area contributed by atoms with Gasteiger partial charge in [-0.15, -0.1) is 0 Å². The number of carbonyl (C=O) groups is 1. The molecule has 0 aliphatic heterocycles. The minimum absolute atomic E-state index is 0.122. The maximum Gasteiger partial charge on any atom is 0.439 e. The van der Waals surface area contributed by atoms with E-state index in [0.29, 0.717) is 33.2 Å². The number of anilines is 2. The Balaban J connectivity index is 1.70. The average Bonchev–Trinajstić information content (AvgIpc) is 3.25. The Bertz CT molecular complexity index is 1490. The number of halogens is 1. The molecule has 0 atom stereocenters. The van der Waals surface area contributed by atoms with Gasteiger partial charge in [-0.1, -0.05) is 22.8 Å². The van der Waals surface area contributed by atoms with Crippen LogP contribution < -0.4 is 15.8 Å². The number of aromatic nitrogens is 3. The first-order chi connectivity index (χ1) is 14.6. The Morgan fingerprint density at radius 2 is 1.97 bits per heavy atom. The summed E-state index contributed by atoms with van der Waals surface area (Å²) in [4.78, 5) is 26.7. The van der Waals surface area contributed by atoms with Crippen molar-refractivity contribution in [2.24, 2.45) is 7.05 Å². The van der Waals surface area contributed by atoms with Crippen LogP contribution in [-0.4, -0.2) is 35.3 Å². The average molecular weight is 462 g/mol. The fourth-order valence-corrected chi connectivity index (χ4v) is 3.91. The van der Waals surface area contributed by atoms with Crippen molar-refractivity contribution < 1.29 is 17.7 Å². The van der Waals surface area contributed by atoms with Crippen molar-refractivity contribution >= 4 is 49.8 Å². The SMILES string of the molecule is Cn1c(C(=O)Nc2ccc(Cl)cc2-c2noc(=O)[nH]2)cc2ccc(NS(C)(=O)=O)cc21. The minimum Gasteiger partial charge on any atom is -0.340 e. The Labute approximate surface area is 180 Å². The maximum absolute atomic E-state index is 13.0. The predicted molar refractivity (Wildman–Crippen MR) is 117 cm³/mol. The summed E-state index contributed by atoms with van der Waals surface area (Å²) in [5.41, 5.74) is 2.13. The number of amides is 1. The van der Waals surface area contributed by atoms with Crippen LogP contribution in [0.1, 0.15) is 10.5 Å². The third-order valence-corrected chi connectivity index (χ3v) is 5.35. The van der Waals surface area contributed by atoms with Crippen LogP contribution in [0.15, 0.2) is 51.8 Å². The van der Waals surface area contributed by atoms with Gasteiger partial charge >= 0.3 is 5.76 Å². The number of benzene rings is 2. The molecule has 2 heterocycles. The van der Waals surface area contributed by atoms with Gasteiger partial charge in [-0.25, -0.2) is 13.2 Å². The number of fused-ring (bicyclic) bond motifs is 1. The molecule has 1 amide bonds. The molecule has 31 heavy (non-hydrogen) atoms. The predicted octanol–water partition coefficient (Wildman–Crippen LogP) is 2.80. The van der Waals surface area contributed by atoms with Gasteiger partial charge in [0.25, 0.3) is 5.91 Å². The fraction of sp³-hybridized carbons (Fsp3) is 0.105. The van der Waals surface area contributed by atoms with Crippen LogP contribution in [0.3, 0.4) is 0 Å². The smallest absolute Gasteiger partial charge is 0.340 e. The molecule has 4 rings (SSSR count). The van der Waals surface area contributed by atoms with Crippen molar-refractivity contribution in [1.82, 2.24) is 14.7 Å². The first kappa shape index (κ1) is 20.7. The lowest BCUT2D eigenvalue weighted by Gasteiger charge is -2.10. The normalized spacial score (nSPS) is 11.6. The summed E-state index contributed by atoms with van der Waals surface area (Å²) in [6.45, 7) is 0. The van der Waals surface area contributed by atoms with Gasteiger partial charge in [0.15, 0.2) is 5.82 Å². The molecule has 10 nitrogen and oxygen atoms in total. The molecule has 0 saturated heterocycles. The Morgan fingerprint density at radius 3 is 2.65 bits per heavy atom. The van der Waals surface area contributed by atoms with Crippen LogP contribution in [0.4, 0.5) is 11.4 Å². The first-order valence-corrected chi connectivity index (χ1v) is 11.1. The molecular weight excluding hydrogens is 446 g/mol. The van der Waals surface area contributed by atoms with Gasteiger partial charge in [0.1, 0.15) is 5.69 Å². The quantitative estimate of drug-likeness (QED) is 0.417. The number of rotatable bonds is 5. The fourth-order valence-electron chi connectivity index (χ4n) is 3.18. The number of nitrogens with one attached hydrogen (secondary N) is 3. The minimum atomic E-state index is -3.43. The largest absolute Gasteiger partial charge is 0.439 e. The lowest BCUT2D eigenvalue weighted by molar-refractivity contribution is 0.101. The van der Waals surface area contributed by atoms with E-state index in [2.05, 4.69) is 24.7 Å². The highest BCUT2D eigenvalue weighted by Gasteiger charge is 2.18. The van der Waals surface area contributed by atoms with E-state index in [1.54, 1.807) is 48.0 Å². The molecule has 160 valence electrons. The molecule has 3 N–H and O–H groups in total. The van der Waals surface area contributed by atoms with Crippen LogP contribution in [0.25, 0.3) is 22.3 Å². The second-order valence-corrected chi connectivity index (χ2v) is 9.01. The molecule has 0 radical (unpaired) electrons. The second kappa shape index (κ2) is 7.60. The zero-order chi connectivity index (χ0) is 22.3. The lowest BCUT2D eigenvalue weighted by Crippen LogP contribution is -2.16. The molecule has 0 unspecified atom stereocenters. The molecule has 0 bridgehead atoms. The summed E-state index contributed by atoms with van der Waals surface area (Å²) in [5, 5.41) is 7.56. The lowest BCUT2D eigenvalue weighted by atomic mass is 10.1. The highest BCUT2D eigenvalue weighted by Crippen LogP contribution is 2.29. The zero-order valence-corrected chi connectivity index (χ0v) is 17.8. The van der Waals surface area contributed by atoms with Crippen LogP contribution in [0, 0.1) is 0 Å². The number of aromatic amines is 1. The zero-order valence-electron chi connectivity index (χ0n) is 16.3. The van der Waals surface area contributed by atoms with Crippen molar-refractivity contribution in [3.8, 4) is 11.4 Å². The summed E-state index contributed by atoms with van der Waals surface area (Å²) in [6, 6.07) is 11.4. The molecule has 0 saturated carbocycles. The standard InChI is InChI=1S/C19H16ClN5O5S/c1-25-15-9-12(24-31(2,28)29)5-3-10(15)7-16(25)18(26)21-14-6-4-11(20)8-13(14)17-22-19(27)30-23-17/h3-9,24H,1-2H3,(H,21,26)(H,22,23,27). The number of sulfonamides is 1. The summed E-state index contributed by atoms with van der Waals surface area (Å²) in [5.74, 6) is -1.04. The van der Waals surface area contributed by atoms with E-state index >= 15 is 0 Å². The number of nitrogens with zero attached hydrogens (tertiary/aromatic N) is 2. The van der Waals surface area contributed by atoms with Gasteiger partial charge in [0, 0.05) is 23.0 Å². The summed E-state index contributed by atoms with van der Waals surface area (Å²) >= 11 is 6.05. The Kier molecular flexibility index (Phi) is 5.07. The summed E-state index contributed by atoms with van der Waals surface area (Å²) in [7, 11) is -1.74. The highest BCUT2D eigenvalue weighted by molar-refractivity contribution is 7.92. The van der Waals surface area contributed by atoms with E-state index in [-0.39, 0.29) is 5.82 Å². The molecule has 2 aromatic heterocycles. The van der Waals surface area contributed by atoms with E-state index in [0.717, 1.165) is 11.6 Å². The Morgan fingerprint density at radius 1 is 1.19 bits per heavy atom. The van der Waals surface area contributed by atoms with Gasteiger partial charge in [-0.3, -0.25) is 19.0 Å². The van der Waals surface area contributed by atoms with Gasteiger partial charge in [0.2, 0.25) is 10.0 Å². The molecule has 4 aromatic rings. The van der Waals surface area contributed by atoms with Crippen molar-refractivity contribution in [3.63, 3.8) is 0 Å². The van der Waals surface area contributed by atoms with E-state index < -0.39 is 21.7 Å². The molecule has 0 fully saturated rings. The van der Waals surface area contributed by atoms with Crippen molar-refractivity contribution in [2.75, 3.05) is 16.3 Å². The molecule has 2 aromatic carbocycles. The van der Waals surface area contributed by atoms with Gasteiger partial charge in [-0.2, -0.15) is 0 Å². The van der Waals surface area contributed by atoms with Gasteiger partial charge in [-0.05, 0) is 36.4 Å². The van der Waals surface area contributed by atoms with E-state index in [1.165, 1.54) is 6.07 Å². The highest BCUT2D eigenvalue weighted by atomic mass is 35.5. The number of hydrogen-bond acceptors (Lipinski definition) is 6. The van der Waals surface area contributed by atoms with Crippen LogP contribution >= 0.6 is 11.6 Å².